The second-order valence-corrected chi connectivity index (χ2v) is 7.22. The molecule has 28 heavy (non-hydrogen) atoms. The lowest BCUT2D eigenvalue weighted by Gasteiger charge is -2.29. The third-order valence-corrected chi connectivity index (χ3v) is 5.37. The Morgan fingerprint density at radius 2 is 1.93 bits per heavy atom. The van der Waals surface area contributed by atoms with Gasteiger partial charge in [0.15, 0.2) is 11.5 Å². The van der Waals surface area contributed by atoms with Crippen LogP contribution in [0.1, 0.15) is 37.3 Å². The highest BCUT2D eigenvalue weighted by Gasteiger charge is 2.25. The van der Waals surface area contributed by atoms with Crippen LogP contribution in [0.2, 0.25) is 0 Å². The summed E-state index contributed by atoms with van der Waals surface area (Å²) in [5.74, 6) is 2.22. The Labute approximate surface area is 165 Å². The van der Waals surface area contributed by atoms with Gasteiger partial charge in [-0.15, -0.1) is 0 Å². The SMILES string of the molecule is COc1ccc([C@H]2CCCCCN2CC(=O)Nc2ccc3c(c2)OCO3)cc1. The number of rotatable bonds is 5. The lowest BCUT2D eigenvalue weighted by Crippen LogP contribution is -2.36. The van der Waals surface area contributed by atoms with E-state index in [2.05, 4.69) is 22.3 Å². The molecule has 2 aromatic rings. The van der Waals surface area contributed by atoms with Crippen LogP contribution in [0, 0.1) is 0 Å². The summed E-state index contributed by atoms with van der Waals surface area (Å²) in [5.41, 5.74) is 1.96. The van der Waals surface area contributed by atoms with E-state index in [1.54, 1.807) is 7.11 Å². The molecular formula is C22H26N2O4. The number of anilines is 1. The first-order valence-corrected chi connectivity index (χ1v) is 9.80. The number of benzene rings is 2. The standard InChI is InChI=1S/C22H26N2O4/c1-26-18-9-6-16(7-10-18)19-5-3-2-4-12-24(19)14-22(25)23-17-8-11-20-21(13-17)28-15-27-20/h6-11,13,19H,2-5,12,14-15H2,1H3,(H,23,25)/t19-/m1/s1. The van der Waals surface area contributed by atoms with Gasteiger partial charge in [0.25, 0.3) is 0 Å². The van der Waals surface area contributed by atoms with Crippen molar-refractivity contribution in [1.29, 1.82) is 0 Å². The van der Waals surface area contributed by atoms with E-state index in [4.69, 9.17) is 14.2 Å². The van der Waals surface area contributed by atoms with Crippen LogP contribution in [0.3, 0.4) is 0 Å². The van der Waals surface area contributed by atoms with E-state index in [-0.39, 0.29) is 18.7 Å². The quantitative estimate of drug-likeness (QED) is 0.848. The number of hydrogen-bond donors (Lipinski definition) is 1. The van der Waals surface area contributed by atoms with E-state index in [0.717, 1.165) is 30.8 Å². The van der Waals surface area contributed by atoms with Gasteiger partial charge in [-0.3, -0.25) is 9.69 Å². The van der Waals surface area contributed by atoms with Crippen molar-refractivity contribution in [3.8, 4) is 17.2 Å². The predicted molar refractivity (Wildman–Crippen MR) is 107 cm³/mol. The zero-order chi connectivity index (χ0) is 19.3. The summed E-state index contributed by atoms with van der Waals surface area (Å²) in [6.07, 6.45) is 4.55. The number of likely N-dealkylation sites (tertiary alicyclic amines) is 1. The van der Waals surface area contributed by atoms with Crippen molar-refractivity contribution >= 4 is 11.6 Å². The van der Waals surface area contributed by atoms with Crippen molar-refractivity contribution in [3.63, 3.8) is 0 Å². The van der Waals surface area contributed by atoms with Crippen molar-refractivity contribution in [1.82, 2.24) is 4.90 Å². The first-order chi connectivity index (χ1) is 13.7. The molecule has 0 radical (unpaired) electrons. The number of nitrogens with zero attached hydrogens (tertiary/aromatic N) is 1. The smallest absolute Gasteiger partial charge is 0.238 e. The monoisotopic (exact) mass is 382 g/mol. The van der Waals surface area contributed by atoms with Gasteiger partial charge in [-0.25, -0.2) is 0 Å². The number of methoxy groups -OCH3 is 1. The molecule has 0 saturated carbocycles. The minimum Gasteiger partial charge on any atom is -0.497 e. The normalized spacial score (nSPS) is 19.1. The van der Waals surface area contributed by atoms with Gasteiger partial charge in [0, 0.05) is 17.8 Å². The number of nitrogens with one attached hydrogen (secondary N) is 1. The summed E-state index contributed by atoms with van der Waals surface area (Å²) in [6.45, 7) is 1.51. The fourth-order valence-corrected chi connectivity index (χ4v) is 3.92. The molecule has 4 rings (SSSR count). The molecule has 6 nitrogen and oxygen atoms in total. The van der Waals surface area contributed by atoms with Crippen LogP contribution >= 0.6 is 0 Å². The minimum atomic E-state index is -0.0146. The largest absolute Gasteiger partial charge is 0.497 e. The van der Waals surface area contributed by atoms with E-state index in [0.29, 0.717) is 18.0 Å². The maximum atomic E-state index is 12.7. The fourth-order valence-electron chi connectivity index (χ4n) is 3.92. The third-order valence-electron chi connectivity index (χ3n) is 5.37. The number of carbonyl (C=O) groups excluding carboxylic acids is 1. The molecule has 0 bridgehead atoms. The van der Waals surface area contributed by atoms with E-state index >= 15 is 0 Å². The van der Waals surface area contributed by atoms with Gasteiger partial charge in [-0.2, -0.15) is 0 Å². The molecule has 2 aliphatic heterocycles. The van der Waals surface area contributed by atoms with E-state index in [9.17, 15) is 4.79 Å². The molecular weight excluding hydrogens is 356 g/mol. The molecule has 148 valence electrons. The fraction of sp³-hybridized carbons (Fsp3) is 0.409. The van der Waals surface area contributed by atoms with E-state index in [1.165, 1.54) is 18.4 Å². The topological polar surface area (TPSA) is 60.0 Å². The summed E-state index contributed by atoms with van der Waals surface area (Å²) in [5, 5.41) is 2.99. The lowest BCUT2D eigenvalue weighted by molar-refractivity contribution is -0.117. The van der Waals surface area contributed by atoms with Gasteiger partial charge in [0.1, 0.15) is 5.75 Å². The van der Waals surface area contributed by atoms with Crippen LogP contribution in [0.15, 0.2) is 42.5 Å². The van der Waals surface area contributed by atoms with Crippen LogP contribution in [0.4, 0.5) is 5.69 Å². The molecule has 1 amide bonds. The first-order valence-electron chi connectivity index (χ1n) is 9.80. The molecule has 1 N–H and O–H groups in total. The summed E-state index contributed by atoms with van der Waals surface area (Å²) >= 11 is 0. The van der Waals surface area contributed by atoms with Crippen molar-refractivity contribution in [3.05, 3.63) is 48.0 Å². The molecule has 0 unspecified atom stereocenters. The lowest BCUT2D eigenvalue weighted by atomic mass is 10.0. The van der Waals surface area contributed by atoms with Crippen molar-refractivity contribution in [2.75, 3.05) is 32.3 Å². The highest BCUT2D eigenvalue weighted by Crippen LogP contribution is 2.34. The summed E-state index contributed by atoms with van der Waals surface area (Å²) < 4.78 is 16.0. The molecule has 2 aliphatic rings. The molecule has 2 aromatic carbocycles. The van der Waals surface area contributed by atoms with Crippen LogP contribution in [-0.2, 0) is 4.79 Å². The van der Waals surface area contributed by atoms with Gasteiger partial charge in [0.2, 0.25) is 12.7 Å². The van der Waals surface area contributed by atoms with Crippen LogP contribution in [0.5, 0.6) is 17.2 Å². The van der Waals surface area contributed by atoms with Crippen LogP contribution in [0.25, 0.3) is 0 Å². The number of hydrogen-bond acceptors (Lipinski definition) is 5. The average Bonchev–Trinajstić information content (AvgIpc) is 3.06. The number of ether oxygens (including phenoxy) is 3. The number of carbonyl (C=O) groups is 1. The Hall–Kier alpha value is -2.73. The molecule has 1 atom stereocenters. The molecule has 2 heterocycles. The molecule has 1 saturated heterocycles. The van der Waals surface area contributed by atoms with Crippen LogP contribution in [-0.4, -0.2) is 37.8 Å². The molecule has 0 aliphatic carbocycles. The Morgan fingerprint density at radius 1 is 1.11 bits per heavy atom. The number of amides is 1. The molecule has 0 spiro atoms. The van der Waals surface area contributed by atoms with Crippen molar-refractivity contribution < 1.29 is 19.0 Å². The summed E-state index contributed by atoms with van der Waals surface area (Å²) in [4.78, 5) is 15.0. The van der Waals surface area contributed by atoms with Crippen LogP contribution < -0.4 is 19.5 Å². The maximum Gasteiger partial charge on any atom is 0.238 e. The van der Waals surface area contributed by atoms with Gasteiger partial charge in [-0.1, -0.05) is 25.0 Å². The number of fused-ring (bicyclic) bond motifs is 1. The van der Waals surface area contributed by atoms with E-state index < -0.39 is 0 Å². The first kappa shape index (κ1) is 18.6. The highest BCUT2D eigenvalue weighted by molar-refractivity contribution is 5.92. The highest BCUT2D eigenvalue weighted by atomic mass is 16.7. The molecule has 0 aromatic heterocycles. The van der Waals surface area contributed by atoms with Crippen molar-refractivity contribution in [2.45, 2.75) is 31.7 Å². The maximum absolute atomic E-state index is 12.7. The van der Waals surface area contributed by atoms with E-state index in [1.807, 2.05) is 30.3 Å². The van der Waals surface area contributed by atoms with Gasteiger partial charge >= 0.3 is 0 Å². The second kappa shape index (κ2) is 8.52. The Bertz CT molecular complexity index is 822. The molecule has 6 heteroatoms. The Kier molecular flexibility index (Phi) is 5.67. The Balaban J connectivity index is 1.44. The minimum absolute atomic E-state index is 0.0146. The van der Waals surface area contributed by atoms with Crippen molar-refractivity contribution in [2.24, 2.45) is 0 Å². The average molecular weight is 382 g/mol. The van der Waals surface area contributed by atoms with Gasteiger partial charge in [0.05, 0.1) is 13.7 Å². The van der Waals surface area contributed by atoms with Gasteiger partial charge < -0.3 is 19.5 Å². The second-order valence-electron chi connectivity index (χ2n) is 7.22. The summed E-state index contributed by atoms with van der Waals surface area (Å²) in [7, 11) is 1.67. The zero-order valence-corrected chi connectivity index (χ0v) is 16.1. The van der Waals surface area contributed by atoms with Gasteiger partial charge in [-0.05, 0) is 49.2 Å². The predicted octanol–water partition coefficient (Wildman–Crippen LogP) is 3.98. The zero-order valence-electron chi connectivity index (χ0n) is 16.1. The third kappa shape index (κ3) is 4.22. The molecule has 1 fully saturated rings. The Morgan fingerprint density at radius 3 is 2.75 bits per heavy atom. The summed E-state index contributed by atoms with van der Waals surface area (Å²) in [6, 6.07) is 13.9.